The van der Waals surface area contributed by atoms with Crippen LogP contribution in [0.4, 0.5) is 17.1 Å². The number of rotatable bonds is 6. The second kappa shape index (κ2) is 10.2. The first-order valence-corrected chi connectivity index (χ1v) is 18.8. The Bertz CT molecular complexity index is 1690. The Labute approximate surface area is 243 Å². The van der Waals surface area contributed by atoms with Gasteiger partial charge >= 0.3 is 0 Å². The van der Waals surface area contributed by atoms with E-state index < -0.39 is 15.2 Å². The molecule has 0 aliphatic carbocycles. The van der Waals surface area contributed by atoms with Crippen LogP contribution in [0.5, 0.6) is 11.5 Å². The Hall–Kier alpha value is -3.85. The maximum Gasteiger partial charge on any atom is 0.170 e. The molecule has 0 radical (unpaired) electrons. The van der Waals surface area contributed by atoms with Crippen LogP contribution < -0.4 is 35.9 Å². The fourth-order valence-corrected chi connectivity index (χ4v) is 17.5. The van der Waals surface area contributed by atoms with Gasteiger partial charge < -0.3 is 14.2 Å². The van der Waals surface area contributed by atoms with E-state index in [1.807, 2.05) is 36.4 Å². The fraction of sp³-hybridized carbons (Fsp3) is 0.167. The smallest absolute Gasteiger partial charge is 0.170 e. The largest absolute Gasteiger partial charge is 0.453 e. The maximum absolute atomic E-state index is 15.6. The van der Waals surface area contributed by atoms with Crippen LogP contribution in [0.1, 0.15) is 26.7 Å². The van der Waals surface area contributed by atoms with Crippen LogP contribution in [0.2, 0.25) is 12.1 Å². The standard InChI is InChI=1S/C36H34NO2PSi/c1-3-25-41(26-4-2)35-19-11-9-17-33(35)40(38,34-18-10-12-20-36(34)41)28-23-21-27(22-24-28)37-29-13-5-7-15-31(29)39-32-16-8-6-14-30(32)37/h5-24H,3-4,25-26H2,1-2H3. The van der Waals surface area contributed by atoms with Gasteiger partial charge in [0.05, 0.1) is 11.4 Å². The molecule has 0 bridgehead atoms. The lowest BCUT2D eigenvalue weighted by Crippen LogP contribution is -2.70. The highest BCUT2D eigenvalue weighted by Crippen LogP contribution is 2.51. The van der Waals surface area contributed by atoms with Gasteiger partial charge in [0.1, 0.15) is 8.07 Å². The average Bonchev–Trinajstić information content (AvgIpc) is 3.03. The number of hydrogen-bond acceptors (Lipinski definition) is 3. The number of ether oxygens (including phenoxy) is 1. The molecule has 0 aromatic heterocycles. The summed E-state index contributed by atoms with van der Waals surface area (Å²) in [5.74, 6) is 1.65. The Balaban J connectivity index is 1.40. The third-order valence-corrected chi connectivity index (χ3v) is 18.0. The molecule has 0 spiro atoms. The average molecular weight is 572 g/mol. The van der Waals surface area contributed by atoms with Crippen molar-refractivity contribution >= 4 is 58.6 Å². The van der Waals surface area contributed by atoms with Crippen molar-refractivity contribution in [2.75, 3.05) is 4.90 Å². The zero-order valence-corrected chi connectivity index (χ0v) is 25.5. The Kier molecular flexibility index (Phi) is 6.49. The van der Waals surface area contributed by atoms with Crippen LogP contribution >= 0.6 is 7.14 Å². The third-order valence-electron chi connectivity index (χ3n) is 8.78. The molecule has 0 N–H and O–H groups in total. The molecule has 5 aromatic carbocycles. The van der Waals surface area contributed by atoms with E-state index in [1.165, 1.54) is 22.5 Å². The highest BCUT2D eigenvalue weighted by molar-refractivity contribution is 7.87. The summed E-state index contributed by atoms with van der Waals surface area (Å²) < 4.78 is 21.9. The molecule has 2 aliphatic heterocycles. The molecule has 0 saturated carbocycles. The number of benzene rings is 5. The molecule has 0 fully saturated rings. The molecular weight excluding hydrogens is 537 g/mol. The molecule has 0 amide bonds. The van der Waals surface area contributed by atoms with Crippen molar-refractivity contribution in [2.45, 2.75) is 38.8 Å². The van der Waals surface area contributed by atoms with Crippen LogP contribution in [0.15, 0.2) is 121 Å². The van der Waals surface area contributed by atoms with E-state index in [2.05, 4.69) is 104 Å². The molecule has 0 saturated heterocycles. The van der Waals surface area contributed by atoms with Crippen LogP contribution in [-0.4, -0.2) is 8.07 Å². The number of nitrogens with zero attached hydrogens (tertiary/aromatic N) is 1. The molecule has 7 rings (SSSR count). The lowest BCUT2D eigenvalue weighted by molar-refractivity contribution is 0.477. The topological polar surface area (TPSA) is 29.5 Å². The van der Waals surface area contributed by atoms with E-state index in [-0.39, 0.29) is 0 Å². The molecular formula is C36H34NO2PSi. The molecule has 0 atom stereocenters. The summed E-state index contributed by atoms with van der Waals surface area (Å²) >= 11 is 0. The minimum Gasteiger partial charge on any atom is -0.453 e. The summed E-state index contributed by atoms with van der Waals surface area (Å²) in [6.07, 6.45) is 2.27. The third kappa shape index (κ3) is 3.89. The van der Waals surface area contributed by atoms with Gasteiger partial charge in [0.15, 0.2) is 18.6 Å². The lowest BCUT2D eigenvalue weighted by Gasteiger charge is -2.42. The van der Waals surface area contributed by atoms with Gasteiger partial charge in [0.25, 0.3) is 0 Å². The van der Waals surface area contributed by atoms with Crippen molar-refractivity contribution in [3.63, 3.8) is 0 Å². The fourth-order valence-electron chi connectivity index (χ4n) is 7.17. The van der Waals surface area contributed by atoms with Crippen molar-refractivity contribution in [1.82, 2.24) is 0 Å². The van der Waals surface area contributed by atoms with Crippen LogP contribution in [0.3, 0.4) is 0 Å². The van der Waals surface area contributed by atoms with Gasteiger partial charge in [-0.1, -0.05) is 99.5 Å². The summed E-state index contributed by atoms with van der Waals surface area (Å²) in [5.41, 5.74) is 3.01. The highest BCUT2D eigenvalue weighted by atomic mass is 31.2. The quantitative estimate of drug-likeness (QED) is 0.152. The van der Waals surface area contributed by atoms with E-state index in [0.717, 1.165) is 57.3 Å². The molecule has 204 valence electrons. The minimum atomic E-state index is -3.07. The first-order valence-electron chi connectivity index (χ1n) is 14.7. The van der Waals surface area contributed by atoms with Gasteiger partial charge in [0, 0.05) is 21.6 Å². The van der Waals surface area contributed by atoms with Crippen molar-refractivity contribution in [3.05, 3.63) is 121 Å². The Morgan fingerprint density at radius 3 is 1.59 bits per heavy atom. The van der Waals surface area contributed by atoms with Crippen LogP contribution in [-0.2, 0) is 4.57 Å². The minimum absolute atomic E-state index is 0.825. The predicted molar refractivity (Wildman–Crippen MR) is 176 cm³/mol. The summed E-state index contributed by atoms with van der Waals surface area (Å²) in [7, 11) is -5.13. The molecule has 2 aliphatic rings. The van der Waals surface area contributed by atoms with Gasteiger partial charge in [-0.2, -0.15) is 0 Å². The van der Waals surface area contributed by atoms with Gasteiger partial charge in [-0.3, -0.25) is 0 Å². The first-order chi connectivity index (χ1) is 20.1. The summed E-state index contributed by atoms with van der Waals surface area (Å²) in [6.45, 7) is 4.59. The highest BCUT2D eigenvalue weighted by Gasteiger charge is 2.49. The Morgan fingerprint density at radius 2 is 1.07 bits per heavy atom. The van der Waals surface area contributed by atoms with Gasteiger partial charge in [-0.05, 0) is 71.0 Å². The molecule has 5 aromatic rings. The van der Waals surface area contributed by atoms with E-state index in [4.69, 9.17) is 4.74 Å². The molecule has 5 heteroatoms. The zero-order chi connectivity index (χ0) is 28.0. The SMILES string of the molecule is CCC[Si]1(CCC)c2ccccc2P(=O)(c2ccc(N3c4ccccc4Oc4ccccc43)cc2)c2ccccc21. The van der Waals surface area contributed by atoms with E-state index in [0.29, 0.717) is 0 Å². The van der Waals surface area contributed by atoms with Crippen LogP contribution in [0, 0.1) is 0 Å². The first kappa shape index (κ1) is 26.1. The normalized spacial score (nSPS) is 15.6. The number of fused-ring (bicyclic) bond motifs is 4. The zero-order valence-electron chi connectivity index (χ0n) is 23.6. The molecule has 3 nitrogen and oxygen atoms in total. The lowest BCUT2D eigenvalue weighted by atomic mass is 10.1. The van der Waals surface area contributed by atoms with E-state index in [9.17, 15) is 0 Å². The van der Waals surface area contributed by atoms with E-state index in [1.54, 1.807) is 0 Å². The van der Waals surface area contributed by atoms with Gasteiger partial charge in [-0.25, -0.2) is 0 Å². The molecule has 41 heavy (non-hydrogen) atoms. The number of para-hydroxylation sites is 4. The molecule has 2 heterocycles. The molecule has 0 unspecified atom stereocenters. The predicted octanol–water partition coefficient (Wildman–Crippen LogP) is 7.60. The van der Waals surface area contributed by atoms with Crippen molar-refractivity contribution in [1.29, 1.82) is 0 Å². The summed E-state index contributed by atoms with van der Waals surface area (Å²) in [4.78, 5) is 2.23. The van der Waals surface area contributed by atoms with Crippen LogP contribution in [0.25, 0.3) is 0 Å². The van der Waals surface area contributed by atoms with Gasteiger partial charge in [0.2, 0.25) is 0 Å². The maximum atomic E-state index is 15.6. The van der Waals surface area contributed by atoms with E-state index >= 15 is 4.57 Å². The Morgan fingerprint density at radius 1 is 0.610 bits per heavy atom. The van der Waals surface area contributed by atoms with Crippen molar-refractivity contribution in [2.24, 2.45) is 0 Å². The number of anilines is 3. The van der Waals surface area contributed by atoms with Crippen molar-refractivity contribution in [3.8, 4) is 11.5 Å². The second-order valence-corrected chi connectivity index (χ2v) is 18.1. The number of hydrogen-bond donors (Lipinski definition) is 0. The van der Waals surface area contributed by atoms with Crippen molar-refractivity contribution < 1.29 is 9.30 Å². The van der Waals surface area contributed by atoms with Gasteiger partial charge in [-0.15, -0.1) is 0 Å². The summed E-state index contributed by atoms with van der Waals surface area (Å²) in [5, 5.41) is 5.77. The monoisotopic (exact) mass is 571 g/mol. The second-order valence-electron chi connectivity index (χ2n) is 11.1. The summed E-state index contributed by atoms with van der Waals surface area (Å²) in [6, 6.07) is 44.4.